The van der Waals surface area contributed by atoms with Crippen LogP contribution in [0.1, 0.15) is 45.4 Å². The molecule has 3 rings (SSSR count). The minimum atomic E-state index is -0.205. The lowest BCUT2D eigenvalue weighted by atomic mass is 9.85. The molecule has 1 fully saturated rings. The molecule has 3 aliphatic rings. The minimum Gasteiger partial charge on any atom is -0.466 e. The molecule has 0 aromatic carbocycles. The number of carbonyl (C=O) groups excluding carboxylic acids is 3. The summed E-state index contributed by atoms with van der Waals surface area (Å²) in [5.41, 5.74) is 1.19. The van der Waals surface area contributed by atoms with Crippen molar-refractivity contribution in [3.63, 3.8) is 0 Å². The van der Waals surface area contributed by atoms with Crippen molar-refractivity contribution in [1.29, 1.82) is 0 Å². The molecule has 2 atom stereocenters. The van der Waals surface area contributed by atoms with Gasteiger partial charge in [0.15, 0.2) is 0 Å². The lowest BCUT2D eigenvalue weighted by molar-refractivity contribution is -0.152. The summed E-state index contributed by atoms with van der Waals surface area (Å²) in [7, 11) is 0. The highest BCUT2D eigenvalue weighted by Crippen LogP contribution is 2.36. The van der Waals surface area contributed by atoms with Gasteiger partial charge < -0.3 is 4.74 Å². The SMILES string of the molecule is CCOC(=O)[C@@H]1CCCC(N2C(=O)C3=C(CCC=C3)C2=O)C1. The van der Waals surface area contributed by atoms with Crippen molar-refractivity contribution in [3.05, 3.63) is 23.3 Å². The predicted molar refractivity (Wildman–Crippen MR) is 79.6 cm³/mol. The summed E-state index contributed by atoms with van der Waals surface area (Å²) in [4.78, 5) is 38.4. The van der Waals surface area contributed by atoms with E-state index >= 15 is 0 Å². The number of hydrogen-bond donors (Lipinski definition) is 0. The second-order valence-corrected chi connectivity index (χ2v) is 6.08. The molecule has 0 bridgehead atoms. The minimum absolute atomic E-state index is 0.154. The number of allylic oxidation sites excluding steroid dienone is 1. The average molecular weight is 303 g/mol. The van der Waals surface area contributed by atoms with E-state index in [0.29, 0.717) is 30.6 Å². The van der Waals surface area contributed by atoms with Crippen LogP contribution in [0.5, 0.6) is 0 Å². The van der Waals surface area contributed by atoms with Crippen LogP contribution < -0.4 is 0 Å². The Morgan fingerprint density at radius 1 is 1.32 bits per heavy atom. The predicted octanol–water partition coefficient (Wildman–Crippen LogP) is 2.12. The number of imide groups is 1. The van der Waals surface area contributed by atoms with E-state index in [9.17, 15) is 14.4 Å². The Hall–Kier alpha value is -1.91. The molecule has 1 aliphatic heterocycles. The third-order valence-corrected chi connectivity index (χ3v) is 4.73. The Morgan fingerprint density at radius 3 is 2.86 bits per heavy atom. The van der Waals surface area contributed by atoms with Gasteiger partial charge in [-0.2, -0.15) is 0 Å². The summed E-state index contributed by atoms with van der Waals surface area (Å²) in [6.07, 6.45) is 8.08. The van der Waals surface area contributed by atoms with Gasteiger partial charge in [0.25, 0.3) is 11.8 Å². The maximum Gasteiger partial charge on any atom is 0.308 e. The monoisotopic (exact) mass is 303 g/mol. The zero-order valence-electron chi connectivity index (χ0n) is 12.8. The van der Waals surface area contributed by atoms with Crippen LogP contribution in [0.25, 0.3) is 0 Å². The molecule has 2 amide bonds. The molecule has 0 radical (unpaired) electrons. The van der Waals surface area contributed by atoms with Crippen LogP contribution in [-0.4, -0.2) is 35.3 Å². The van der Waals surface area contributed by atoms with Gasteiger partial charge >= 0.3 is 5.97 Å². The normalized spacial score (nSPS) is 28.1. The van der Waals surface area contributed by atoms with Gasteiger partial charge in [0.2, 0.25) is 0 Å². The molecular formula is C17H21NO4. The van der Waals surface area contributed by atoms with Gasteiger partial charge in [-0.05, 0) is 39.0 Å². The van der Waals surface area contributed by atoms with Gasteiger partial charge in [0, 0.05) is 17.2 Å². The molecular weight excluding hydrogens is 282 g/mol. The Bertz CT molecular complexity index is 575. The number of carbonyl (C=O) groups is 3. The van der Waals surface area contributed by atoms with Crippen molar-refractivity contribution >= 4 is 17.8 Å². The summed E-state index contributed by atoms with van der Waals surface area (Å²) in [6.45, 7) is 2.15. The van der Waals surface area contributed by atoms with E-state index in [1.165, 1.54) is 4.90 Å². The Kier molecular flexibility index (Phi) is 4.14. The largest absolute Gasteiger partial charge is 0.466 e. The highest BCUT2D eigenvalue weighted by Gasteiger charge is 2.43. The first-order chi connectivity index (χ1) is 10.6. The third-order valence-electron chi connectivity index (χ3n) is 4.73. The van der Waals surface area contributed by atoms with Crippen LogP contribution in [0.2, 0.25) is 0 Å². The van der Waals surface area contributed by atoms with Crippen molar-refractivity contribution in [1.82, 2.24) is 4.90 Å². The topological polar surface area (TPSA) is 63.7 Å². The van der Waals surface area contributed by atoms with Gasteiger partial charge in [-0.3, -0.25) is 19.3 Å². The first kappa shape index (κ1) is 15.0. The highest BCUT2D eigenvalue weighted by atomic mass is 16.5. The van der Waals surface area contributed by atoms with E-state index in [1.54, 1.807) is 13.0 Å². The molecule has 118 valence electrons. The van der Waals surface area contributed by atoms with Gasteiger partial charge in [-0.15, -0.1) is 0 Å². The molecule has 0 saturated heterocycles. The number of hydrogen-bond acceptors (Lipinski definition) is 4. The van der Waals surface area contributed by atoms with Crippen molar-refractivity contribution in [2.24, 2.45) is 5.92 Å². The van der Waals surface area contributed by atoms with E-state index in [0.717, 1.165) is 25.7 Å². The molecule has 0 aromatic heterocycles. The van der Waals surface area contributed by atoms with Crippen LogP contribution in [0.4, 0.5) is 0 Å². The molecule has 2 aliphatic carbocycles. The molecule has 1 heterocycles. The first-order valence-corrected chi connectivity index (χ1v) is 8.07. The molecule has 0 aromatic rings. The fraction of sp³-hybridized carbons (Fsp3) is 0.588. The molecule has 5 nitrogen and oxygen atoms in total. The summed E-state index contributed by atoms with van der Waals surface area (Å²) in [6, 6.07) is -0.179. The average Bonchev–Trinajstić information content (AvgIpc) is 2.80. The third kappa shape index (κ3) is 2.49. The van der Waals surface area contributed by atoms with E-state index in [1.807, 2.05) is 6.08 Å². The van der Waals surface area contributed by atoms with E-state index in [4.69, 9.17) is 4.74 Å². The summed E-state index contributed by atoms with van der Waals surface area (Å²) in [5, 5.41) is 0. The highest BCUT2D eigenvalue weighted by molar-refractivity contribution is 6.21. The summed E-state index contributed by atoms with van der Waals surface area (Å²) in [5.74, 6) is -0.749. The lowest BCUT2D eigenvalue weighted by Gasteiger charge is -2.33. The van der Waals surface area contributed by atoms with Crippen molar-refractivity contribution in [3.8, 4) is 0 Å². The van der Waals surface area contributed by atoms with E-state index < -0.39 is 0 Å². The zero-order chi connectivity index (χ0) is 15.7. The standard InChI is InChI=1S/C17H21NO4/c1-2-22-17(21)11-6-5-7-12(10-11)18-15(19)13-8-3-4-9-14(13)16(18)20/h3,8,11-12H,2,4-7,9-10H2,1H3/t11-,12?/m1/s1. The number of rotatable bonds is 3. The zero-order valence-corrected chi connectivity index (χ0v) is 12.8. The van der Waals surface area contributed by atoms with Crippen LogP contribution in [0, 0.1) is 5.92 Å². The molecule has 5 heteroatoms. The van der Waals surface area contributed by atoms with Crippen LogP contribution in [0.15, 0.2) is 23.3 Å². The smallest absolute Gasteiger partial charge is 0.308 e. The molecule has 0 N–H and O–H groups in total. The number of esters is 1. The fourth-order valence-electron chi connectivity index (χ4n) is 3.66. The molecule has 1 unspecified atom stereocenters. The van der Waals surface area contributed by atoms with Gasteiger partial charge in [-0.25, -0.2) is 0 Å². The molecule has 0 spiro atoms. The van der Waals surface area contributed by atoms with Gasteiger partial charge in [-0.1, -0.05) is 18.6 Å². The second-order valence-electron chi connectivity index (χ2n) is 6.08. The Labute approximate surface area is 130 Å². The Morgan fingerprint density at radius 2 is 2.14 bits per heavy atom. The fourth-order valence-corrected chi connectivity index (χ4v) is 3.66. The van der Waals surface area contributed by atoms with Crippen molar-refractivity contribution < 1.29 is 19.1 Å². The van der Waals surface area contributed by atoms with Crippen molar-refractivity contribution in [2.75, 3.05) is 6.61 Å². The summed E-state index contributed by atoms with van der Waals surface area (Å²) >= 11 is 0. The number of amides is 2. The van der Waals surface area contributed by atoms with Gasteiger partial charge in [0.05, 0.1) is 12.5 Å². The van der Waals surface area contributed by atoms with E-state index in [2.05, 4.69) is 0 Å². The second kappa shape index (κ2) is 6.07. The summed E-state index contributed by atoms with van der Waals surface area (Å²) < 4.78 is 5.09. The molecule has 1 saturated carbocycles. The first-order valence-electron chi connectivity index (χ1n) is 8.07. The van der Waals surface area contributed by atoms with Crippen molar-refractivity contribution in [2.45, 2.75) is 51.5 Å². The maximum absolute atomic E-state index is 12.5. The lowest BCUT2D eigenvalue weighted by Crippen LogP contribution is -2.44. The van der Waals surface area contributed by atoms with Gasteiger partial charge in [0.1, 0.15) is 0 Å². The molecule has 22 heavy (non-hydrogen) atoms. The quantitative estimate of drug-likeness (QED) is 0.592. The maximum atomic E-state index is 12.5. The Balaban J connectivity index is 1.75. The number of ether oxygens (including phenoxy) is 1. The number of nitrogens with zero attached hydrogens (tertiary/aromatic N) is 1. The van der Waals surface area contributed by atoms with Crippen LogP contribution in [-0.2, 0) is 19.1 Å². The van der Waals surface area contributed by atoms with Crippen LogP contribution >= 0.6 is 0 Å². The van der Waals surface area contributed by atoms with E-state index in [-0.39, 0.29) is 29.7 Å². The van der Waals surface area contributed by atoms with Crippen LogP contribution in [0.3, 0.4) is 0 Å².